The Labute approximate surface area is 202 Å². The van der Waals surface area contributed by atoms with Gasteiger partial charge in [0.25, 0.3) is 0 Å². The highest BCUT2D eigenvalue weighted by Gasteiger charge is 2.23. The fourth-order valence-corrected chi connectivity index (χ4v) is 4.52. The second kappa shape index (κ2) is 9.91. The molecule has 0 saturated carbocycles. The summed E-state index contributed by atoms with van der Waals surface area (Å²) in [6.45, 7) is 2.23. The topological polar surface area (TPSA) is 94.8 Å². The number of methoxy groups -OCH3 is 3. The van der Waals surface area contributed by atoms with Gasteiger partial charge in [-0.2, -0.15) is 4.52 Å². The van der Waals surface area contributed by atoms with Gasteiger partial charge in [0, 0.05) is 36.7 Å². The highest BCUT2D eigenvalue weighted by Crippen LogP contribution is 2.32. The largest absolute Gasteiger partial charge is 0.497 e. The summed E-state index contributed by atoms with van der Waals surface area (Å²) in [5.41, 5.74) is 1.97. The second-order valence-electron chi connectivity index (χ2n) is 8.57. The van der Waals surface area contributed by atoms with Crippen molar-refractivity contribution in [2.45, 2.75) is 31.7 Å². The van der Waals surface area contributed by atoms with E-state index >= 15 is 0 Å². The van der Waals surface area contributed by atoms with Crippen molar-refractivity contribution in [3.05, 3.63) is 47.5 Å². The van der Waals surface area contributed by atoms with Crippen LogP contribution < -0.4 is 24.8 Å². The Bertz CT molecular complexity index is 1350. The molecule has 35 heavy (non-hydrogen) atoms. The van der Waals surface area contributed by atoms with Gasteiger partial charge in [0.05, 0.1) is 26.7 Å². The zero-order valence-electron chi connectivity index (χ0n) is 20.1. The molecule has 0 radical (unpaired) electrons. The van der Waals surface area contributed by atoms with E-state index in [0.29, 0.717) is 46.3 Å². The van der Waals surface area contributed by atoms with E-state index in [1.54, 1.807) is 18.7 Å². The van der Waals surface area contributed by atoms with Gasteiger partial charge in [0.15, 0.2) is 11.5 Å². The molecule has 2 aromatic carbocycles. The molecule has 2 N–H and O–H groups in total. The quantitative estimate of drug-likeness (QED) is 0.411. The van der Waals surface area contributed by atoms with Crippen molar-refractivity contribution < 1.29 is 18.6 Å². The van der Waals surface area contributed by atoms with Crippen LogP contribution in [0.5, 0.6) is 17.2 Å². The van der Waals surface area contributed by atoms with E-state index in [0.717, 1.165) is 43.7 Å². The molecule has 4 aromatic rings. The smallest absolute Gasteiger partial charge is 0.226 e. The summed E-state index contributed by atoms with van der Waals surface area (Å²) in [5, 5.41) is 12.2. The molecule has 1 aliphatic heterocycles. The second-order valence-corrected chi connectivity index (χ2v) is 8.57. The van der Waals surface area contributed by atoms with Crippen LogP contribution in [0.2, 0.25) is 0 Å². The number of hydrogen-bond donors (Lipinski definition) is 2. The van der Waals surface area contributed by atoms with Crippen LogP contribution in [0.4, 0.5) is 10.3 Å². The molecule has 10 heteroatoms. The van der Waals surface area contributed by atoms with E-state index < -0.39 is 5.82 Å². The molecule has 1 aliphatic rings. The predicted octanol–water partition coefficient (Wildman–Crippen LogP) is 3.91. The van der Waals surface area contributed by atoms with Gasteiger partial charge < -0.3 is 24.8 Å². The van der Waals surface area contributed by atoms with Crippen molar-refractivity contribution in [3.8, 4) is 17.2 Å². The first kappa shape index (κ1) is 23.1. The SMILES string of the molecule is COc1ccc(CNc2nc3c(OC)cc(F)cc3c3nc(C4CCCCNC4)nn23)c(OC)c1. The van der Waals surface area contributed by atoms with Crippen molar-refractivity contribution in [1.82, 2.24) is 24.9 Å². The minimum Gasteiger partial charge on any atom is -0.497 e. The third kappa shape index (κ3) is 4.53. The highest BCUT2D eigenvalue weighted by atomic mass is 19.1. The van der Waals surface area contributed by atoms with E-state index in [1.807, 2.05) is 18.2 Å². The van der Waals surface area contributed by atoms with Crippen LogP contribution in [-0.4, -0.2) is 54.0 Å². The van der Waals surface area contributed by atoms with Crippen LogP contribution in [0.15, 0.2) is 30.3 Å². The average Bonchev–Trinajstić information content (AvgIpc) is 3.15. The maximum atomic E-state index is 14.4. The Morgan fingerprint density at radius 1 is 1.06 bits per heavy atom. The number of halogens is 1. The fourth-order valence-electron chi connectivity index (χ4n) is 4.52. The highest BCUT2D eigenvalue weighted by molar-refractivity contribution is 5.96. The van der Waals surface area contributed by atoms with Gasteiger partial charge in [-0.1, -0.05) is 6.42 Å². The van der Waals surface area contributed by atoms with Gasteiger partial charge >= 0.3 is 0 Å². The Balaban J connectivity index is 1.60. The molecule has 9 nitrogen and oxygen atoms in total. The number of fused-ring (bicyclic) bond motifs is 3. The number of nitrogens with zero attached hydrogens (tertiary/aromatic N) is 4. The van der Waals surface area contributed by atoms with Crippen LogP contribution in [0.1, 0.15) is 36.6 Å². The molecular formula is C25H29FN6O3. The molecule has 1 unspecified atom stereocenters. The summed E-state index contributed by atoms with van der Waals surface area (Å²) >= 11 is 0. The fraction of sp³-hybridized carbons (Fsp3) is 0.400. The van der Waals surface area contributed by atoms with E-state index in [1.165, 1.54) is 19.2 Å². The van der Waals surface area contributed by atoms with E-state index in [-0.39, 0.29) is 5.92 Å². The molecule has 184 valence electrons. The Hall–Kier alpha value is -3.66. The van der Waals surface area contributed by atoms with Gasteiger partial charge in [-0.15, -0.1) is 5.10 Å². The van der Waals surface area contributed by atoms with Crippen molar-refractivity contribution >= 4 is 22.5 Å². The lowest BCUT2D eigenvalue weighted by Gasteiger charge is -2.13. The van der Waals surface area contributed by atoms with Crippen molar-refractivity contribution in [2.24, 2.45) is 0 Å². The summed E-state index contributed by atoms with van der Waals surface area (Å²) < 4.78 is 32.4. The minimum atomic E-state index is -0.414. The predicted molar refractivity (Wildman–Crippen MR) is 131 cm³/mol. The monoisotopic (exact) mass is 480 g/mol. The van der Waals surface area contributed by atoms with Crippen molar-refractivity contribution in [2.75, 3.05) is 39.7 Å². The molecule has 1 saturated heterocycles. The van der Waals surface area contributed by atoms with E-state index in [9.17, 15) is 4.39 Å². The van der Waals surface area contributed by atoms with Crippen molar-refractivity contribution in [1.29, 1.82) is 0 Å². The average molecular weight is 481 g/mol. The van der Waals surface area contributed by atoms with Crippen LogP contribution in [0.25, 0.3) is 16.6 Å². The molecule has 1 atom stereocenters. The first-order valence-electron chi connectivity index (χ1n) is 11.7. The van der Waals surface area contributed by atoms with Crippen LogP contribution in [0, 0.1) is 5.82 Å². The number of ether oxygens (including phenoxy) is 3. The number of hydrogen-bond acceptors (Lipinski definition) is 8. The van der Waals surface area contributed by atoms with Crippen LogP contribution in [0.3, 0.4) is 0 Å². The van der Waals surface area contributed by atoms with Gasteiger partial charge in [0.2, 0.25) is 5.95 Å². The molecule has 0 spiro atoms. The molecule has 2 aromatic heterocycles. The number of benzene rings is 2. The van der Waals surface area contributed by atoms with E-state index in [4.69, 9.17) is 29.3 Å². The van der Waals surface area contributed by atoms with Crippen LogP contribution in [-0.2, 0) is 6.54 Å². The summed E-state index contributed by atoms with van der Waals surface area (Å²) in [6, 6.07) is 8.40. The first-order valence-corrected chi connectivity index (χ1v) is 11.7. The number of aromatic nitrogens is 4. The minimum absolute atomic E-state index is 0.178. The molecule has 1 fully saturated rings. The number of nitrogens with one attached hydrogen (secondary N) is 2. The lowest BCUT2D eigenvalue weighted by molar-refractivity contribution is 0.391. The van der Waals surface area contributed by atoms with Crippen molar-refractivity contribution in [3.63, 3.8) is 0 Å². The molecule has 0 amide bonds. The normalized spacial score (nSPS) is 16.3. The third-order valence-corrected chi connectivity index (χ3v) is 6.39. The van der Waals surface area contributed by atoms with Gasteiger partial charge in [-0.3, -0.25) is 0 Å². The van der Waals surface area contributed by atoms with Gasteiger partial charge in [-0.05, 0) is 37.6 Å². The molecular weight excluding hydrogens is 451 g/mol. The van der Waals surface area contributed by atoms with Gasteiger partial charge in [0.1, 0.15) is 28.6 Å². The number of rotatable bonds is 7. The molecule has 5 rings (SSSR count). The zero-order chi connectivity index (χ0) is 24.4. The zero-order valence-corrected chi connectivity index (χ0v) is 20.1. The molecule has 0 bridgehead atoms. The lowest BCUT2D eigenvalue weighted by atomic mass is 10.0. The Morgan fingerprint density at radius 2 is 1.91 bits per heavy atom. The Morgan fingerprint density at radius 3 is 2.71 bits per heavy atom. The third-order valence-electron chi connectivity index (χ3n) is 6.39. The summed E-state index contributed by atoms with van der Waals surface area (Å²) in [7, 11) is 4.74. The standard InChI is InChI=1S/C25H29FN6O3/c1-33-18-8-7-15(20(12-18)34-2)14-28-25-29-22-19(10-17(26)11-21(22)35-3)24-30-23(31-32(24)25)16-6-4-5-9-27-13-16/h7-8,10-12,16,27H,4-6,9,13-14H2,1-3H3,(H,28,29). The lowest BCUT2D eigenvalue weighted by Crippen LogP contribution is -2.20. The molecule has 0 aliphatic carbocycles. The summed E-state index contributed by atoms with van der Waals surface area (Å²) in [5.74, 6) is 2.71. The molecule has 3 heterocycles. The van der Waals surface area contributed by atoms with Crippen LogP contribution >= 0.6 is 0 Å². The van der Waals surface area contributed by atoms with E-state index in [2.05, 4.69) is 10.6 Å². The first-order chi connectivity index (χ1) is 17.1. The summed E-state index contributed by atoms with van der Waals surface area (Å²) in [6.07, 6.45) is 3.24. The number of anilines is 1. The van der Waals surface area contributed by atoms with Gasteiger partial charge in [-0.25, -0.2) is 14.4 Å². The summed E-state index contributed by atoms with van der Waals surface area (Å²) in [4.78, 5) is 9.64. The maximum Gasteiger partial charge on any atom is 0.226 e. The Kier molecular flexibility index (Phi) is 6.54. The maximum absolute atomic E-state index is 14.4.